The highest BCUT2D eigenvalue weighted by Crippen LogP contribution is 2.17. The van der Waals surface area contributed by atoms with E-state index >= 15 is 0 Å². The van der Waals surface area contributed by atoms with E-state index in [1.807, 2.05) is 13.8 Å². The molecule has 0 saturated heterocycles. The molecule has 5 heteroatoms. The molecular weight excluding hydrogens is 294 g/mol. The average Bonchev–Trinajstić information content (AvgIpc) is 2.98. The van der Waals surface area contributed by atoms with Gasteiger partial charge in [-0.15, -0.1) is 0 Å². The number of hydrogen-bond donors (Lipinski definition) is 2. The number of carboxylic acid groups (broad SMARTS) is 1. The first kappa shape index (κ1) is 16.8. The number of nitrogens with one attached hydrogen (secondary N) is 1. The predicted molar refractivity (Wildman–Crippen MR) is 86.9 cm³/mol. The molecule has 0 aliphatic heterocycles. The molecule has 2 aromatic rings. The van der Waals surface area contributed by atoms with E-state index in [0.717, 1.165) is 29.7 Å². The van der Waals surface area contributed by atoms with Crippen LogP contribution >= 0.6 is 0 Å². The summed E-state index contributed by atoms with van der Waals surface area (Å²) in [4.78, 5) is 22.9. The van der Waals surface area contributed by atoms with Gasteiger partial charge < -0.3 is 14.8 Å². The van der Waals surface area contributed by atoms with Gasteiger partial charge in [-0.25, -0.2) is 4.79 Å². The summed E-state index contributed by atoms with van der Waals surface area (Å²) in [7, 11) is 0. The molecule has 1 heterocycles. The third kappa shape index (κ3) is 4.22. The van der Waals surface area contributed by atoms with Gasteiger partial charge >= 0.3 is 5.97 Å². The Balaban J connectivity index is 1.89. The number of aryl methyl sites for hydroxylation is 2. The molecule has 0 radical (unpaired) electrons. The molecule has 0 aliphatic carbocycles. The number of rotatable bonds is 7. The Morgan fingerprint density at radius 1 is 1.13 bits per heavy atom. The quantitative estimate of drug-likeness (QED) is 0.823. The van der Waals surface area contributed by atoms with Crippen molar-refractivity contribution in [2.24, 2.45) is 0 Å². The molecule has 0 bridgehead atoms. The lowest BCUT2D eigenvalue weighted by Crippen LogP contribution is -2.25. The lowest BCUT2D eigenvalue weighted by Gasteiger charge is -2.04. The van der Waals surface area contributed by atoms with Crippen LogP contribution < -0.4 is 5.32 Å². The van der Waals surface area contributed by atoms with Crippen LogP contribution in [0.25, 0.3) is 0 Å². The van der Waals surface area contributed by atoms with E-state index in [4.69, 9.17) is 9.52 Å². The summed E-state index contributed by atoms with van der Waals surface area (Å²) >= 11 is 0. The SMILES string of the molecule is CCc1cc(C(=O)NCCc2ccc(C(=O)O)cc2)oc1CC. The smallest absolute Gasteiger partial charge is 0.335 e. The molecule has 23 heavy (non-hydrogen) atoms. The molecule has 0 fully saturated rings. The van der Waals surface area contributed by atoms with Gasteiger partial charge in [0.2, 0.25) is 0 Å². The molecule has 0 unspecified atom stereocenters. The maximum Gasteiger partial charge on any atom is 0.335 e. The van der Waals surface area contributed by atoms with Crippen LogP contribution in [0.3, 0.4) is 0 Å². The first-order chi connectivity index (χ1) is 11.0. The highest BCUT2D eigenvalue weighted by molar-refractivity contribution is 5.91. The first-order valence-corrected chi connectivity index (χ1v) is 7.77. The number of furan rings is 1. The maximum absolute atomic E-state index is 12.1. The molecule has 122 valence electrons. The van der Waals surface area contributed by atoms with Gasteiger partial charge in [-0.1, -0.05) is 26.0 Å². The number of carboxylic acids is 1. The number of hydrogen-bond acceptors (Lipinski definition) is 3. The largest absolute Gasteiger partial charge is 0.478 e. The van der Waals surface area contributed by atoms with Gasteiger partial charge in [0.1, 0.15) is 5.76 Å². The van der Waals surface area contributed by atoms with Crippen LogP contribution in [-0.2, 0) is 19.3 Å². The number of carbonyl (C=O) groups excluding carboxylic acids is 1. The summed E-state index contributed by atoms with van der Waals surface area (Å²) in [5.41, 5.74) is 2.30. The van der Waals surface area contributed by atoms with Crippen LogP contribution in [-0.4, -0.2) is 23.5 Å². The third-order valence-electron chi connectivity index (χ3n) is 3.72. The summed E-state index contributed by atoms with van der Waals surface area (Å²) in [6, 6.07) is 8.44. The van der Waals surface area contributed by atoms with E-state index in [1.54, 1.807) is 30.3 Å². The van der Waals surface area contributed by atoms with Crippen molar-refractivity contribution in [1.82, 2.24) is 5.32 Å². The lowest BCUT2D eigenvalue weighted by molar-refractivity contribution is 0.0696. The molecule has 1 aromatic carbocycles. The molecule has 1 aromatic heterocycles. The number of aromatic carboxylic acids is 1. The third-order valence-corrected chi connectivity index (χ3v) is 3.72. The van der Waals surface area contributed by atoms with E-state index in [9.17, 15) is 9.59 Å². The van der Waals surface area contributed by atoms with Gasteiger partial charge in [0.05, 0.1) is 5.56 Å². The van der Waals surface area contributed by atoms with E-state index in [2.05, 4.69) is 5.32 Å². The molecule has 2 N–H and O–H groups in total. The molecule has 0 aliphatic rings. The number of carbonyl (C=O) groups is 2. The highest BCUT2D eigenvalue weighted by atomic mass is 16.4. The molecule has 1 amide bonds. The van der Waals surface area contributed by atoms with E-state index in [1.165, 1.54) is 0 Å². The van der Waals surface area contributed by atoms with Crippen LogP contribution in [0.1, 0.15) is 51.6 Å². The Bertz CT molecular complexity index is 664. The summed E-state index contributed by atoms with van der Waals surface area (Å²) in [6.45, 7) is 4.50. The number of amides is 1. The average molecular weight is 315 g/mol. The minimum Gasteiger partial charge on any atom is -0.478 e. The minimum atomic E-state index is -0.943. The monoisotopic (exact) mass is 315 g/mol. The molecule has 0 atom stereocenters. The van der Waals surface area contributed by atoms with Gasteiger partial charge in [-0.2, -0.15) is 0 Å². The number of benzene rings is 1. The summed E-state index contributed by atoms with van der Waals surface area (Å²) in [5, 5.41) is 11.7. The zero-order valence-corrected chi connectivity index (χ0v) is 13.4. The van der Waals surface area contributed by atoms with Crippen molar-refractivity contribution >= 4 is 11.9 Å². The zero-order chi connectivity index (χ0) is 16.8. The van der Waals surface area contributed by atoms with Crippen molar-refractivity contribution in [2.45, 2.75) is 33.1 Å². The Kier molecular flexibility index (Phi) is 5.57. The van der Waals surface area contributed by atoms with Crippen LogP contribution in [0, 0.1) is 0 Å². The van der Waals surface area contributed by atoms with Crippen molar-refractivity contribution in [2.75, 3.05) is 6.54 Å². The summed E-state index contributed by atoms with van der Waals surface area (Å²) in [6.07, 6.45) is 2.25. The molecular formula is C18H21NO4. The zero-order valence-electron chi connectivity index (χ0n) is 13.4. The van der Waals surface area contributed by atoms with Crippen molar-refractivity contribution in [3.8, 4) is 0 Å². The van der Waals surface area contributed by atoms with Crippen LogP contribution in [0.4, 0.5) is 0 Å². The fourth-order valence-electron chi connectivity index (χ4n) is 2.40. The van der Waals surface area contributed by atoms with Crippen molar-refractivity contribution in [3.05, 3.63) is 58.5 Å². The predicted octanol–water partition coefficient (Wildman–Crippen LogP) is 3.08. The lowest BCUT2D eigenvalue weighted by atomic mass is 10.1. The maximum atomic E-state index is 12.1. The van der Waals surface area contributed by atoms with Crippen LogP contribution in [0.15, 0.2) is 34.7 Å². The normalized spacial score (nSPS) is 10.5. The molecule has 2 rings (SSSR count). The summed E-state index contributed by atoms with van der Waals surface area (Å²) in [5.74, 6) is 0.0459. The Morgan fingerprint density at radius 2 is 1.83 bits per heavy atom. The summed E-state index contributed by atoms with van der Waals surface area (Å²) < 4.78 is 5.58. The standard InChI is InChI=1S/C18H21NO4/c1-3-13-11-16(23-15(13)4-2)17(20)19-10-9-12-5-7-14(8-6-12)18(21)22/h5-8,11H,3-4,9-10H2,1-2H3,(H,19,20)(H,21,22). The van der Waals surface area contributed by atoms with Gasteiger partial charge in [0.25, 0.3) is 5.91 Å². The van der Waals surface area contributed by atoms with Gasteiger partial charge in [0, 0.05) is 13.0 Å². The fraction of sp³-hybridized carbons (Fsp3) is 0.333. The van der Waals surface area contributed by atoms with Gasteiger partial charge in [0.15, 0.2) is 5.76 Å². The Labute approximate surface area is 135 Å². The van der Waals surface area contributed by atoms with E-state index in [0.29, 0.717) is 18.7 Å². The second-order valence-electron chi connectivity index (χ2n) is 5.27. The molecule has 0 spiro atoms. The van der Waals surface area contributed by atoms with Crippen molar-refractivity contribution in [3.63, 3.8) is 0 Å². The van der Waals surface area contributed by atoms with Crippen molar-refractivity contribution < 1.29 is 19.1 Å². The first-order valence-electron chi connectivity index (χ1n) is 7.77. The van der Waals surface area contributed by atoms with Crippen LogP contribution in [0.5, 0.6) is 0 Å². The Morgan fingerprint density at radius 3 is 2.35 bits per heavy atom. The second kappa shape index (κ2) is 7.63. The second-order valence-corrected chi connectivity index (χ2v) is 5.27. The van der Waals surface area contributed by atoms with E-state index < -0.39 is 5.97 Å². The topological polar surface area (TPSA) is 79.5 Å². The molecule has 5 nitrogen and oxygen atoms in total. The Hall–Kier alpha value is -2.56. The highest BCUT2D eigenvalue weighted by Gasteiger charge is 2.14. The van der Waals surface area contributed by atoms with Gasteiger partial charge in [-0.05, 0) is 42.2 Å². The van der Waals surface area contributed by atoms with Gasteiger partial charge in [-0.3, -0.25) is 4.79 Å². The fourth-order valence-corrected chi connectivity index (χ4v) is 2.40. The van der Waals surface area contributed by atoms with Crippen molar-refractivity contribution in [1.29, 1.82) is 0 Å². The van der Waals surface area contributed by atoms with Crippen LogP contribution in [0.2, 0.25) is 0 Å². The molecule has 0 saturated carbocycles. The van der Waals surface area contributed by atoms with E-state index in [-0.39, 0.29) is 11.5 Å². The minimum absolute atomic E-state index is 0.221.